The predicted molar refractivity (Wildman–Crippen MR) is 90.8 cm³/mol. The van der Waals surface area contributed by atoms with Gasteiger partial charge < -0.3 is 14.7 Å². The first-order chi connectivity index (χ1) is 11.2. The number of rotatable bonds is 4. The summed E-state index contributed by atoms with van der Waals surface area (Å²) in [5.41, 5.74) is -0.0990. The van der Waals surface area contributed by atoms with Crippen molar-refractivity contribution in [2.75, 3.05) is 39.8 Å². The molecule has 0 aromatic heterocycles. The fourth-order valence-corrected chi connectivity index (χ4v) is 2.62. The van der Waals surface area contributed by atoms with E-state index >= 15 is 0 Å². The van der Waals surface area contributed by atoms with E-state index in [9.17, 15) is 14.3 Å². The van der Waals surface area contributed by atoms with Crippen LogP contribution in [0.5, 0.6) is 5.75 Å². The van der Waals surface area contributed by atoms with Gasteiger partial charge >= 0.3 is 0 Å². The third-order valence-corrected chi connectivity index (χ3v) is 4.50. The van der Waals surface area contributed by atoms with Crippen LogP contribution in [0, 0.1) is 11.2 Å². The molecule has 1 aromatic carbocycles. The first-order valence-corrected chi connectivity index (χ1v) is 8.25. The summed E-state index contributed by atoms with van der Waals surface area (Å²) in [6.07, 6.45) is -0.418. The molecule has 2 rings (SSSR count). The Hall–Kier alpha value is -1.66. The molecule has 1 aromatic rings. The molecule has 6 heteroatoms. The minimum Gasteiger partial charge on any atom is -0.497 e. The van der Waals surface area contributed by atoms with Crippen molar-refractivity contribution in [3.05, 3.63) is 29.6 Å². The predicted octanol–water partition coefficient (Wildman–Crippen LogP) is 2.00. The number of piperazine rings is 1. The largest absolute Gasteiger partial charge is 0.497 e. The number of carbonyl (C=O) groups is 1. The van der Waals surface area contributed by atoms with E-state index in [2.05, 4.69) is 4.90 Å². The maximum absolute atomic E-state index is 14.1. The Labute approximate surface area is 143 Å². The Morgan fingerprint density at radius 1 is 1.29 bits per heavy atom. The summed E-state index contributed by atoms with van der Waals surface area (Å²) < 4.78 is 19.0. The van der Waals surface area contributed by atoms with Crippen LogP contribution < -0.4 is 4.74 Å². The van der Waals surface area contributed by atoms with Crippen molar-refractivity contribution in [1.29, 1.82) is 0 Å². The van der Waals surface area contributed by atoms with Crippen molar-refractivity contribution < 1.29 is 19.0 Å². The molecule has 1 aliphatic heterocycles. The molecule has 1 fully saturated rings. The van der Waals surface area contributed by atoms with Crippen LogP contribution in [0.4, 0.5) is 4.39 Å². The summed E-state index contributed by atoms with van der Waals surface area (Å²) in [5.74, 6) is -0.471. The molecule has 0 bridgehead atoms. The van der Waals surface area contributed by atoms with E-state index in [4.69, 9.17) is 4.74 Å². The highest BCUT2D eigenvalue weighted by molar-refractivity contribution is 5.94. The van der Waals surface area contributed by atoms with Crippen LogP contribution in [-0.4, -0.2) is 66.8 Å². The van der Waals surface area contributed by atoms with E-state index in [-0.39, 0.29) is 16.9 Å². The molecule has 0 radical (unpaired) electrons. The van der Waals surface area contributed by atoms with Crippen LogP contribution in [0.3, 0.4) is 0 Å². The summed E-state index contributed by atoms with van der Waals surface area (Å²) >= 11 is 0. The maximum atomic E-state index is 14.1. The number of methoxy groups -OCH3 is 1. The number of halogens is 1. The van der Waals surface area contributed by atoms with Gasteiger partial charge in [-0.25, -0.2) is 4.39 Å². The van der Waals surface area contributed by atoms with Crippen molar-refractivity contribution in [3.63, 3.8) is 0 Å². The monoisotopic (exact) mass is 338 g/mol. The molecule has 1 heterocycles. The fraction of sp³-hybridized carbons (Fsp3) is 0.611. The first kappa shape index (κ1) is 18.7. The van der Waals surface area contributed by atoms with Gasteiger partial charge in [-0.3, -0.25) is 9.69 Å². The zero-order valence-corrected chi connectivity index (χ0v) is 14.9. The lowest BCUT2D eigenvalue weighted by Crippen LogP contribution is -2.51. The van der Waals surface area contributed by atoms with Gasteiger partial charge in [0.15, 0.2) is 0 Å². The van der Waals surface area contributed by atoms with E-state index in [0.717, 1.165) is 0 Å². The van der Waals surface area contributed by atoms with E-state index in [0.29, 0.717) is 38.5 Å². The van der Waals surface area contributed by atoms with Gasteiger partial charge in [-0.05, 0) is 17.5 Å². The number of hydrogen-bond acceptors (Lipinski definition) is 4. The quantitative estimate of drug-likeness (QED) is 0.912. The second-order valence-corrected chi connectivity index (χ2v) is 7.32. The van der Waals surface area contributed by atoms with Crippen LogP contribution in [0.15, 0.2) is 18.2 Å². The summed E-state index contributed by atoms with van der Waals surface area (Å²) in [4.78, 5) is 16.3. The Balaban J connectivity index is 1.93. The molecule has 1 unspecified atom stereocenters. The third-order valence-electron chi connectivity index (χ3n) is 4.50. The standard InChI is InChI=1S/C18H27FN2O3/c1-18(2,3)16(22)12-20-7-9-21(10-8-20)17(23)14-6-5-13(24-4)11-15(14)19/h5-6,11,16,22H,7-10,12H2,1-4H3. The molecular weight excluding hydrogens is 311 g/mol. The lowest BCUT2D eigenvalue weighted by atomic mass is 9.89. The third kappa shape index (κ3) is 4.45. The molecule has 1 aliphatic rings. The maximum Gasteiger partial charge on any atom is 0.256 e. The van der Waals surface area contributed by atoms with Gasteiger partial charge in [0.1, 0.15) is 11.6 Å². The smallest absolute Gasteiger partial charge is 0.256 e. The number of carbonyl (C=O) groups excluding carboxylic acids is 1. The van der Waals surface area contributed by atoms with Gasteiger partial charge in [-0.2, -0.15) is 0 Å². The van der Waals surface area contributed by atoms with Crippen LogP contribution in [0.1, 0.15) is 31.1 Å². The summed E-state index contributed by atoms with van der Waals surface area (Å²) in [5, 5.41) is 10.2. The van der Waals surface area contributed by atoms with E-state index in [1.807, 2.05) is 20.8 Å². The molecule has 0 aliphatic carbocycles. The topological polar surface area (TPSA) is 53.0 Å². The summed E-state index contributed by atoms with van der Waals surface area (Å²) in [6.45, 7) is 9.01. The second-order valence-electron chi connectivity index (χ2n) is 7.32. The van der Waals surface area contributed by atoms with Gasteiger partial charge in [-0.15, -0.1) is 0 Å². The van der Waals surface area contributed by atoms with Crippen molar-refractivity contribution >= 4 is 5.91 Å². The molecule has 1 N–H and O–H groups in total. The number of benzene rings is 1. The molecule has 1 saturated heterocycles. The first-order valence-electron chi connectivity index (χ1n) is 8.25. The van der Waals surface area contributed by atoms with Gasteiger partial charge in [-0.1, -0.05) is 20.8 Å². The van der Waals surface area contributed by atoms with E-state index < -0.39 is 11.9 Å². The highest BCUT2D eigenvalue weighted by Gasteiger charge is 2.28. The average Bonchev–Trinajstić information content (AvgIpc) is 2.54. The highest BCUT2D eigenvalue weighted by Crippen LogP contribution is 2.21. The van der Waals surface area contributed by atoms with Crippen molar-refractivity contribution in [2.45, 2.75) is 26.9 Å². The van der Waals surface area contributed by atoms with Gasteiger partial charge in [0.2, 0.25) is 0 Å². The minimum atomic E-state index is -0.565. The number of amides is 1. The average molecular weight is 338 g/mol. The molecule has 24 heavy (non-hydrogen) atoms. The zero-order valence-electron chi connectivity index (χ0n) is 14.9. The molecule has 0 saturated carbocycles. The lowest BCUT2D eigenvalue weighted by Gasteiger charge is -2.38. The lowest BCUT2D eigenvalue weighted by molar-refractivity contribution is 0.0136. The fourth-order valence-electron chi connectivity index (χ4n) is 2.62. The number of hydrogen-bond donors (Lipinski definition) is 1. The second kappa shape index (κ2) is 7.49. The van der Waals surface area contributed by atoms with Crippen molar-refractivity contribution in [3.8, 4) is 5.75 Å². The number of β-amino-alcohol motifs (C(OH)–C–C–N with tert-alkyl or cyclic N) is 1. The molecular formula is C18H27FN2O3. The Morgan fingerprint density at radius 3 is 2.42 bits per heavy atom. The van der Waals surface area contributed by atoms with E-state index in [1.54, 1.807) is 11.0 Å². The molecule has 1 amide bonds. The Kier molecular flexibility index (Phi) is 5.83. The van der Waals surface area contributed by atoms with Crippen LogP contribution in [-0.2, 0) is 0 Å². The van der Waals surface area contributed by atoms with Gasteiger partial charge in [0.25, 0.3) is 5.91 Å². The molecule has 1 atom stereocenters. The summed E-state index contributed by atoms with van der Waals surface area (Å²) in [7, 11) is 1.46. The van der Waals surface area contributed by atoms with Crippen LogP contribution in [0.2, 0.25) is 0 Å². The summed E-state index contributed by atoms with van der Waals surface area (Å²) in [6, 6.07) is 4.28. The minimum absolute atomic E-state index is 0.0685. The Bertz CT molecular complexity index is 578. The normalized spacial score (nSPS) is 17.7. The van der Waals surface area contributed by atoms with Crippen LogP contribution >= 0.6 is 0 Å². The van der Waals surface area contributed by atoms with Gasteiger partial charge in [0, 0.05) is 38.8 Å². The SMILES string of the molecule is COc1ccc(C(=O)N2CCN(CC(O)C(C)(C)C)CC2)c(F)c1. The van der Waals surface area contributed by atoms with Crippen molar-refractivity contribution in [2.24, 2.45) is 5.41 Å². The number of aliphatic hydroxyl groups excluding tert-OH is 1. The van der Waals surface area contributed by atoms with Crippen molar-refractivity contribution in [1.82, 2.24) is 9.80 Å². The highest BCUT2D eigenvalue weighted by atomic mass is 19.1. The molecule has 5 nitrogen and oxygen atoms in total. The number of ether oxygens (including phenoxy) is 1. The van der Waals surface area contributed by atoms with E-state index in [1.165, 1.54) is 19.2 Å². The number of nitrogens with zero attached hydrogens (tertiary/aromatic N) is 2. The molecule has 134 valence electrons. The zero-order chi connectivity index (χ0) is 17.9. The van der Waals surface area contributed by atoms with Gasteiger partial charge in [0.05, 0.1) is 18.8 Å². The number of aliphatic hydroxyl groups is 1. The van der Waals surface area contributed by atoms with Crippen LogP contribution in [0.25, 0.3) is 0 Å². The Morgan fingerprint density at radius 2 is 1.92 bits per heavy atom. The molecule has 0 spiro atoms.